The average molecular weight is 469 g/mol. The van der Waals surface area contributed by atoms with Gasteiger partial charge in [0.2, 0.25) is 0 Å². The van der Waals surface area contributed by atoms with Crippen molar-refractivity contribution in [2.75, 3.05) is 53.4 Å². The quantitative estimate of drug-likeness (QED) is 0.388. The van der Waals surface area contributed by atoms with Gasteiger partial charge in [0.05, 0.1) is 0 Å². The number of nitrogens with zero attached hydrogens (tertiary/aromatic N) is 4. The molecule has 0 aromatic heterocycles. The molecule has 0 aromatic carbocycles. The number of piperazine rings is 1. The Morgan fingerprint density at radius 3 is 2.00 bits per heavy atom. The maximum absolute atomic E-state index is 12.1. The number of hydrogen-bond acceptors (Lipinski definition) is 4. The van der Waals surface area contributed by atoms with E-state index < -0.39 is 5.60 Å². The minimum atomic E-state index is -0.466. The second-order valence-electron chi connectivity index (χ2n) is 8.53. The number of ether oxygens (including phenoxy) is 1. The van der Waals surface area contributed by atoms with Crippen LogP contribution in [-0.2, 0) is 4.74 Å². The highest BCUT2D eigenvalue weighted by Gasteiger charge is 2.26. The van der Waals surface area contributed by atoms with Crippen molar-refractivity contribution in [1.29, 1.82) is 0 Å². The van der Waals surface area contributed by atoms with E-state index in [0.29, 0.717) is 38.7 Å². The highest BCUT2D eigenvalue weighted by Crippen LogP contribution is 2.16. The Labute approximate surface area is 170 Å². The summed E-state index contributed by atoms with van der Waals surface area (Å²) in [5.41, 5.74) is 5.75. The van der Waals surface area contributed by atoms with Crippen LogP contribution in [0.5, 0.6) is 0 Å². The molecule has 1 rings (SSSR count). The van der Waals surface area contributed by atoms with Gasteiger partial charge in [-0.2, -0.15) is 0 Å². The normalized spacial score (nSPS) is 16.7. The SMILES string of the molecule is CN(C)CC(C)(C)CN=C(N)N1CCN(C(=O)OC(C)(C)C)CC1.I. The van der Waals surface area contributed by atoms with Crippen molar-refractivity contribution in [2.24, 2.45) is 16.1 Å². The van der Waals surface area contributed by atoms with Gasteiger partial charge < -0.3 is 25.2 Å². The molecular formula is C17H36IN5O2. The summed E-state index contributed by atoms with van der Waals surface area (Å²) < 4.78 is 5.40. The van der Waals surface area contributed by atoms with E-state index >= 15 is 0 Å². The molecule has 0 aromatic rings. The van der Waals surface area contributed by atoms with Crippen LogP contribution in [0.25, 0.3) is 0 Å². The van der Waals surface area contributed by atoms with E-state index in [0.717, 1.165) is 6.54 Å². The molecule has 148 valence electrons. The van der Waals surface area contributed by atoms with E-state index in [2.05, 4.69) is 37.8 Å². The number of amides is 1. The third kappa shape index (κ3) is 9.48. The maximum atomic E-state index is 12.1. The van der Waals surface area contributed by atoms with Crippen molar-refractivity contribution in [1.82, 2.24) is 14.7 Å². The minimum absolute atomic E-state index is 0. The van der Waals surface area contributed by atoms with Gasteiger partial charge in [-0.25, -0.2) is 4.79 Å². The molecule has 0 atom stereocenters. The fourth-order valence-corrected chi connectivity index (χ4v) is 2.75. The number of hydrogen-bond donors (Lipinski definition) is 1. The summed E-state index contributed by atoms with van der Waals surface area (Å²) in [5, 5.41) is 0. The Bertz CT molecular complexity index is 452. The van der Waals surface area contributed by atoms with E-state index in [-0.39, 0.29) is 35.5 Å². The first-order chi connectivity index (χ1) is 10.9. The van der Waals surface area contributed by atoms with Crippen molar-refractivity contribution in [3.63, 3.8) is 0 Å². The molecule has 0 bridgehead atoms. The van der Waals surface area contributed by atoms with E-state index in [1.807, 2.05) is 25.7 Å². The number of aliphatic imine (C=N–C) groups is 1. The largest absolute Gasteiger partial charge is 0.444 e. The summed E-state index contributed by atoms with van der Waals surface area (Å²) in [7, 11) is 4.12. The summed E-state index contributed by atoms with van der Waals surface area (Å²) in [4.78, 5) is 22.5. The Morgan fingerprint density at radius 2 is 1.56 bits per heavy atom. The first-order valence-electron chi connectivity index (χ1n) is 8.57. The topological polar surface area (TPSA) is 74.4 Å². The van der Waals surface area contributed by atoms with Gasteiger partial charge >= 0.3 is 6.09 Å². The number of halogens is 1. The standard InChI is InChI=1S/C17H35N5O2.HI/c1-16(2,3)24-15(23)22-10-8-21(9-11-22)14(18)19-12-17(4,5)13-20(6)7;/h8-13H2,1-7H3,(H2,18,19);1H. The fourth-order valence-electron chi connectivity index (χ4n) is 2.75. The molecule has 1 fully saturated rings. The summed E-state index contributed by atoms with van der Waals surface area (Å²) in [6.45, 7) is 14.2. The fraction of sp³-hybridized carbons (Fsp3) is 0.882. The first-order valence-corrected chi connectivity index (χ1v) is 8.57. The van der Waals surface area contributed by atoms with E-state index in [1.54, 1.807) is 4.90 Å². The molecule has 0 spiro atoms. The number of nitrogens with two attached hydrogens (primary N) is 1. The minimum Gasteiger partial charge on any atom is -0.444 e. The van der Waals surface area contributed by atoms with Gasteiger partial charge in [-0.15, -0.1) is 24.0 Å². The Hall–Kier alpha value is -0.770. The predicted molar refractivity (Wildman–Crippen MR) is 114 cm³/mol. The van der Waals surface area contributed by atoms with Crippen LogP contribution in [-0.4, -0.2) is 85.7 Å². The second-order valence-corrected chi connectivity index (χ2v) is 8.53. The third-order valence-corrected chi connectivity index (χ3v) is 3.67. The second kappa shape index (κ2) is 9.80. The molecule has 25 heavy (non-hydrogen) atoms. The zero-order valence-corrected chi connectivity index (χ0v) is 19.2. The summed E-state index contributed by atoms with van der Waals surface area (Å²) >= 11 is 0. The summed E-state index contributed by atoms with van der Waals surface area (Å²) in [6, 6.07) is 0. The number of carbonyl (C=O) groups is 1. The Morgan fingerprint density at radius 1 is 1.08 bits per heavy atom. The van der Waals surface area contributed by atoms with Crippen LogP contribution in [0.3, 0.4) is 0 Å². The van der Waals surface area contributed by atoms with Crippen molar-refractivity contribution in [3.8, 4) is 0 Å². The molecule has 1 aliphatic heterocycles. The van der Waals surface area contributed by atoms with Crippen molar-refractivity contribution >= 4 is 36.0 Å². The zero-order valence-electron chi connectivity index (χ0n) is 16.8. The maximum Gasteiger partial charge on any atom is 0.410 e. The third-order valence-electron chi connectivity index (χ3n) is 3.67. The van der Waals surface area contributed by atoms with E-state index in [4.69, 9.17) is 10.5 Å². The molecule has 0 aliphatic carbocycles. The molecule has 7 nitrogen and oxygen atoms in total. The molecule has 8 heteroatoms. The lowest BCUT2D eigenvalue weighted by Crippen LogP contribution is -2.53. The molecular weight excluding hydrogens is 433 g/mol. The molecule has 1 aliphatic rings. The molecule has 1 heterocycles. The summed E-state index contributed by atoms with van der Waals surface area (Å²) in [5.74, 6) is 0.561. The van der Waals surface area contributed by atoms with Gasteiger partial charge in [0, 0.05) is 39.3 Å². The summed E-state index contributed by atoms with van der Waals surface area (Å²) in [6.07, 6.45) is -0.259. The van der Waals surface area contributed by atoms with Gasteiger partial charge in [0.25, 0.3) is 0 Å². The Kier molecular flexibility index (Phi) is 9.50. The number of guanidine groups is 1. The van der Waals surface area contributed by atoms with Crippen molar-refractivity contribution in [2.45, 2.75) is 40.2 Å². The number of carbonyl (C=O) groups excluding carboxylic acids is 1. The monoisotopic (exact) mass is 469 g/mol. The van der Waals surface area contributed by atoms with Crippen LogP contribution in [0.2, 0.25) is 0 Å². The molecule has 0 saturated carbocycles. The van der Waals surface area contributed by atoms with Gasteiger partial charge in [-0.05, 0) is 40.3 Å². The molecule has 1 saturated heterocycles. The lowest BCUT2D eigenvalue weighted by atomic mass is 9.93. The van der Waals surface area contributed by atoms with Gasteiger partial charge in [-0.1, -0.05) is 13.8 Å². The van der Waals surface area contributed by atoms with Crippen LogP contribution in [0, 0.1) is 5.41 Å². The molecule has 1 amide bonds. The van der Waals surface area contributed by atoms with Crippen LogP contribution in [0.1, 0.15) is 34.6 Å². The first kappa shape index (κ1) is 24.2. The van der Waals surface area contributed by atoms with Gasteiger partial charge in [0.15, 0.2) is 5.96 Å². The Balaban J connectivity index is 0.00000576. The predicted octanol–water partition coefficient (Wildman–Crippen LogP) is 2.06. The molecule has 0 unspecified atom stereocenters. The number of rotatable bonds is 4. The average Bonchev–Trinajstić information content (AvgIpc) is 2.42. The van der Waals surface area contributed by atoms with Crippen LogP contribution < -0.4 is 5.73 Å². The highest BCUT2D eigenvalue weighted by molar-refractivity contribution is 14.0. The van der Waals surface area contributed by atoms with Crippen molar-refractivity contribution < 1.29 is 9.53 Å². The van der Waals surface area contributed by atoms with Crippen LogP contribution >= 0.6 is 24.0 Å². The van der Waals surface area contributed by atoms with E-state index in [9.17, 15) is 4.79 Å². The van der Waals surface area contributed by atoms with E-state index in [1.165, 1.54) is 0 Å². The smallest absolute Gasteiger partial charge is 0.410 e. The molecule has 0 radical (unpaired) electrons. The molecule has 2 N–H and O–H groups in total. The van der Waals surface area contributed by atoms with Gasteiger partial charge in [-0.3, -0.25) is 4.99 Å². The lowest BCUT2D eigenvalue weighted by Gasteiger charge is -2.36. The van der Waals surface area contributed by atoms with Crippen LogP contribution in [0.4, 0.5) is 4.79 Å². The van der Waals surface area contributed by atoms with Gasteiger partial charge in [0.1, 0.15) is 5.60 Å². The highest BCUT2D eigenvalue weighted by atomic mass is 127. The lowest BCUT2D eigenvalue weighted by molar-refractivity contribution is 0.0186. The zero-order chi connectivity index (χ0) is 18.5. The van der Waals surface area contributed by atoms with Crippen molar-refractivity contribution in [3.05, 3.63) is 0 Å². The van der Waals surface area contributed by atoms with Crippen LogP contribution in [0.15, 0.2) is 4.99 Å².